The molecule has 2 atom stereocenters. The number of ether oxygens (including phenoxy) is 3. The van der Waals surface area contributed by atoms with Crippen molar-refractivity contribution >= 4 is 27.5 Å². The number of aromatic nitrogens is 1. The van der Waals surface area contributed by atoms with E-state index in [1.165, 1.54) is 31.6 Å². The second kappa shape index (κ2) is 11.8. The minimum absolute atomic E-state index is 0.0146. The van der Waals surface area contributed by atoms with Crippen LogP contribution >= 0.6 is 11.3 Å². The van der Waals surface area contributed by atoms with Crippen molar-refractivity contribution in [3.63, 3.8) is 0 Å². The Bertz CT molecular complexity index is 1320. The predicted octanol–water partition coefficient (Wildman–Crippen LogP) is 6.44. The number of thiazole rings is 1. The van der Waals surface area contributed by atoms with Gasteiger partial charge in [-0.15, -0.1) is 11.3 Å². The molecule has 1 N–H and O–H groups in total. The normalized spacial score (nSPS) is 21.3. The predicted molar refractivity (Wildman–Crippen MR) is 147 cm³/mol. The highest BCUT2D eigenvalue weighted by molar-refractivity contribution is 7.18. The highest BCUT2D eigenvalue weighted by atomic mass is 32.1. The number of alkyl halides is 3. The molecule has 2 unspecified atom stereocenters. The zero-order chi connectivity index (χ0) is 28.4. The summed E-state index contributed by atoms with van der Waals surface area (Å²) in [6.07, 6.45) is 0.981. The first kappa shape index (κ1) is 28.5. The third-order valence-electron chi connectivity index (χ3n) is 7.72. The zero-order valence-electron chi connectivity index (χ0n) is 22.8. The maximum atomic E-state index is 13.5. The number of hydrogen-bond donors (Lipinski definition) is 1. The van der Waals surface area contributed by atoms with Gasteiger partial charge in [0.2, 0.25) is 5.75 Å². The molecule has 2 aliphatic heterocycles. The number of nitrogens with one attached hydrogen (secondary N) is 1. The van der Waals surface area contributed by atoms with E-state index < -0.39 is 11.7 Å². The topological polar surface area (TPSA) is 72.9 Å². The summed E-state index contributed by atoms with van der Waals surface area (Å²) in [6, 6.07) is 7.99. The fraction of sp³-hybridized carbons (Fsp3) is 0.517. The first-order valence-electron chi connectivity index (χ1n) is 13.6. The molecule has 216 valence electrons. The molecule has 1 amide bonds. The van der Waals surface area contributed by atoms with Crippen molar-refractivity contribution in [2.75, 3.05) is 20.8 Å². The molecule has 5 rings (SSSR count). The summed E-state index contributed by atoms with van der Waals surface area (Å²) in [5, 5.41) is 3.89. The average molecular weight is 578 g/mol. The van der Waals surface area contributed by atoms with E-state index in [4.69, 9.17) is 14.2 Å². The van der Waals surface area contributed by atoms with Crippen molar-refractivity contribution in [3.8, 4) is 17.2 Å². The highest BCUT2D eigenvalue weighted by Gasteiger charge is 2.40. The van der Waals surface area contributed by atoms with Crippen LogP contribution in [0.1, 0.15) is 66.4 Å². The summed E-state index contributed by atoms with van der Waals surface area (Å²) in [7, 11) is 3.06. The molecule has 2 fully saturated rings. The van der Waals surface area contributed by atoms with Crippen molar-refractivity contribution in [2.24, 2.45) is 0 Å². The van der Waals surface area contributed by atoms with Gasteiger partial charge in [-0.2, -0.15) is 13.2 Å². The summed E-state index contributed by atoms with van der Waals surface area (Å²) in [4.78, 5) is 20.1. The molecule has 40 heavy (non-hydrogen) atoms. The van der Waals surface area contributed by atoms with Crippen LogP contribution in [0.2, 0.25) is 0 Å². The maximum absolute atomic E-state index is 13.5. The van der Waals surface area contributed by atoms with Crippen LogP contribution in [0, 0.1) is 0 Å². The molecule has 0 aliphatic carbocycles. The van der Waals surface area contributed by atoms with Gasteiger partial charge in [-0.1, -0.05) is 19.4 Å². The Labute approximate surface area is 235 Å². The van der Waals surface area contributed by atoms with E-state index >= 15 is 0 Å². The van der Waals surface area contributed by atoms with Gasteiger partial charge in [-0.3, -0.25) is 9.69 Å². The fourth-order valence-corrected chi connectivity index (χ4v) is 6.93. The van der Waals surface area contributed by atoms with Crippen molar-refractivity contribution in [2.45, 2.75) is 76.3 Å². The Kier molecular flexibility index (Phi) is 8.42. The molecular formula is C29H34F3N3O4S. The van der Waals surface area contributed by atoms with Gasteiger partial charge in [0.15, 0.2) is 11.5 Å². The molecule has 3 aromatic rings. The largest absolute Gasteiger partial charge is 0.493 e. The van der Waals surface area contributed by atoms with Gasteiger partial charge < -0.3 is 19.5 Å². The summed E-state index contributed by atoms with van der Waals surface area (Å²) < 4.78 is 57.8. The number of benzene rings is 2. The second-order valence-electron chi connectivity index (χ2n) is 10.4. The number of para-hydroxylation sites is 1. The fourth-order valence-electron chi connectivity index (χ4n) is 5.93. The molecular weight excluding hydrogens is 543 g/mol. The lowest BCUT2D eigenvalue weighted by atomic mass is 9.81. The lowest BCUT2D eigenvalue weighted by molar-refractivity contribution is -0.136. The lowest BCUT2D eigenvalue weighted by Gasteiger charge is -2.48. The second-order valence-corrected chi connectivity index (χ2v) is 11.5. The Morgan fingerprint density at radius 1 is 1.12 bits per heavy atom. The summed E-state index contributed by atoms with van der Waals surface area (Å²) >= 11 is 1.32. The monoisotopic (exact) mass is 577 g/mol. The van der Waals surface area contributed by atoms with E-state index in [1.807, 2.05) is 6.92 Å². The number of carbonyl (C=O) groups is 1. The lowest BCUT2D eigenvalue weighted by Crippen LogP contribution is -2.56. The molecule has 2 saturated heterocycles. The van der Waals surface area contributed by atoms with Crippen LogP contribution in [0.4, 0.5) is 13.2 Å². The Balaban J connectivity index is 1.29. The molecule has 0 spiro atoms. The molecule has 2 aromatic carbocycles. The molecule has 2 aliphatic rings. The van der Waals surface area contributed by atoms with Crippen LogP contribution < -0.4 is 19.5 Å². The summed E-state index contributed by atoms with van der Waals surface area (Å²) in [6.45, 7) is 3.02. The SMILES string of the molecule is CCCOc1c(OC)cc(C(=O)NC2CC3CCCC(C2)N3Cc2nc3c(C(F)(F)F)cccc3s2)cc1OC. The van der Waals surface area contributed by atoms with Crippen LogP contribution in [0.3, 0.4) is 0 Å². The number of fused-ring (bicyclic) bond motifs is 3. The minimum atomic E-state index is -4.44. The van der Waals surface area contributed by atoms with Crippen molar-refractivity contribution in [3.05, 3.63) is 46.5 Å². The Hall–Kier alpha value is -3.05. The van der Waals surface area contributed by atoms with Gasteiger partial charge in [0.05, 0.1) is 43.2 Å². The van der Waals surface area contributed by atoms with Gasteiger partial charge in [0.25, 0.3) is 5.91 Å². The molecule has 3 heterocycles. The van der Waals surface area contributed by atoms with Crippen molar-refractivity contribution in [1.82, 2.24) is 15.2 Å². The molecule has 0 radical (unpaired) electrons. The summed E-state index contributed by atoms with van der Waals surface area (Å²) in [5.41, 5.74) is -0.230. The van der Waals surface area contributed by atoms with Gasteiger partial charge in [-0.25, -0.2) is 4.98 Å². The van der Waals surface area contributed by atoms with Crippen molar-refractivity contribution in [1.29, 1.82) is 0 Å². The maximum Gasteiger partial charge on any atom is 0.418 e. The number of piperidine rings is 2. The van der Waals surface area contributed by atoms with E-state index in [1.54, 1.807) is 18.2 Å². The van der Waals surface area contributed by atoms with Crippen LogP contribution in [-0.2, 0) is 12.7 Å². The van der Waals surface area contributed by atoms with E-state index in [9.17, 15) is 18.0 Å². The number of hydrogen-bond acceptors (Lipinski definition) is 7. The van der Waals surface area contributed by atoms with Gasteiger partial charge in [0, 0.05) is 23.7 Å². The minimum Gasteiger partial charge on any atom is -0.493 e. The van der Waals surface area contributed by atoms with Crippen LogP contribution in [0.15, 0.2) is 30.3 Å². The number of halogens is 3. The van der Waals surface area contributed by atoms with Gasteiger partial charge >= 0.3 is 6.18 Å². The van der Waals surface area contributed by atoms with Crippen LogP contribution in [-0.4, -0.2) is 54.7 Å². The summed E-state index contributed by atoms with van der Waals surface area (Å²) in [5.74, 6) is 1.15. The molecule has 11 heteroatoms. The number of carbonyl (C=O) groups excluding carboxylic acids is 1. The highest BCUT2D eigenvalue weighted by Crippen LogP contribution is 2.41. The molecule has 0 saturated carbocycles. The number of nitrogens with zero attached hydrogens (tertiary/aromatic N) is 2. The molecule has 1 aromatic heterocycles. The van der Waals surface area contributed by atoms with Gasteiger partial charge in [0.1, 0.15) is 5.01 Å². The third-order valence-corrected chi connectivity index (χ3v) is 8.73. The first-order valence-corrected chi connectivity index (χ1v) is 14.4. The van der Waals surface area contributed by atoms with Crippen molar-refractivity contribution < 1.29 is 32.2 Å². The number of rotatable bonds is 9. The molecule has 2 bridgehead atoms. The first-order chi connectivity index (χ1) is 19.2. The average Bonchev–Trinajstić information content (AvgIpc) is 3.33. The standard InChI is InChI=1S/C29H34F3N3O4S/c1-4-11-39-27-22(37-2)12-17(13-23(27)38-3)28(36)33-18-14-19-7-5-8-20(15-18)35(19)16-25-34-26-21(29(30,31)32)9-6-10-24(26)40-25/h6,9-10,12-13,18-20H,4-5,7-8,11,14-16H2,1-3H3,(H,33,36). The zero-order valence-corrected chi connectivity index (χ0v) is 23.7. The Morgan fingerprint density at radius 3 is 2.40 bits per heavy atom. The van der Waals surface area contributed by atoms with E-state index in [0.29, 0.717) is 45.7 Å². The Morgan fingerprint density at radius 2 is 1.80 bits per heavy atom. The van der Waals surface area contributed by atoms with Gasteiger partial charge in [-0.05, 0) is 56.4 Å². The van der Waals surface area contributed by atoms with E-state index in [0.717, 1.165) is 44.6 Å². The quantitative estimate of drug-likeness (QED) is 0.316. The molecule has 7 nitrogen and oxygen atoms in total. The van der Waals surface area contributed by atoms with E-state index in [2.05, 4.69) is 15.2 Å². The van der Waals surface area contributed by atoms with E-state index in [-0.39, 0.29) is 29.5 Å². The number of methoxy groups -OCH3 is 2. The third kappa shape index (κ3) is 5.85. The number of amides is 1. The smallest absolute Gasteiger partial charge is 0.418 e. The van der Waals surface area contributed by atoms with Crippen LogP contribution in [0.25, 0.3) is 10.2 Å². The van der Waals surface area contributed by atoms with Crippen LogP contribution in [0.5, 0.6) is 17.2 Å².